The molecule has 1 aromatic rings. The van der Waals surface area contributed by atoms with E-state index in [2.05, 4.69) is 15.9 Å². The van der Waals surface area contributed by atoms with Crippen LogP contribution in [0, 0.1) is 11.8 Å². The molecule has 3 aliphatic rings. The van der Waals surface area contributed by atoms with Gasteiger partial charge in [0.1, 0.15) is 57.7 Å². The number of allylic oxidation sites excluding steroid dienone is 4. The number of aromatic hydroxyl groups is 2. The number of aryl methyl sites for hydroxylation is 1. The molecule has 0 bridgehead atoms. The second-order valence-corrected chi connectivity index (χ2v) is 20.1. The predicted octanol–water partition coefficient (Wildman–Crippen LogP) is 5.69. The van der Waals surface area contributed by atoms with Gasteiger partial charge < -0.3 is 73.6 Å². The van der Waals surface area contributed by atoms with Crippen molar-refractivity contribution >= 4 is 33.8 Å². The van der Waals surface area contributed by atoms with Crippen molar-refractivity contribution in [3.8, 4) is 11.5 Å². The SMILES string of the molecule is CCc1cc(O)c(Br)c(O)c1C(=O)O[C@H]1[C@H](O)[C@H](OC)[C@H](OC/C2=C\C=C\CC(O)/C(C)=C/C(CC)C(O[C@@H]3OC(C)(C)[C@@H](OC(=O)C(C)C)[C@H](O)[C@@H]3O)/C(C)=C/C(C)=C/CC(C(C)O)OC2=O)O[C@@H]1C. The van der Waals surface area contributed by atoms with Gasteiger partial charge in [-0.15, -0.1) is 0 Å². The van der Waals surface area contributed by atoms with Crippen LogP contribution < -0.4 is 0 Å². The van der Waals surface area contributed by atoms with Crippen LogP contribution in [-0.2, 0) is 53.9 Å². The number of carbonyl (C=O) groups is 3. The molecule has 3 aliphatic heterocycles. The van der Waals surface area contributed by atoms with E-state index in [0.717, 1.165) is 0 Å². The average Bonchev–Trinajstić information content (AvgIpc) is 3.30. The van der Waals surface area contributed by atoms with Gasteiger partial charge in [0.2, 0.25) is 0 Å². The quantitative estimate of drug-likeness (QED) is 0.0711. The molecule has 398 valence electrons. The molecule has 0 aliphatic carbocycles. The summed E-state index contributed by atoms with van der Waals surface area (Å²) in [6.07, 6.45) is -4.84. The molecule has 0 aromatic heterocycles. The lowest BCUT2D eigenvalue weighted by Gasteiger charge is -2.47. The number of hydrogen-bond donors (Lipinski definition) is 7. The van der Waals surface area contributed by atoms with Gasteiger partial charge in [0.15, 0.2) is 24.8 Å². The van der Waals surface area contributed by atoms with Gasteiger partial charge in [0.25, 0.3) is 0 Å². The van der Waals surface area contributed by atoms with Crippen LogP contribution >= 0.6 is 15.9 Å². The molecule has 18 nitrogen and oxygen atoms in total. The third kappa shape index (κ3) is 15.1. The van der Waals surface area contributed by atoms with Crippen LogP contribution in [0.5, 0.6) is 11.5 Å². The molecule has 4 rings (SSSR count). The summed E-state index contributed by atoms with van der Waals surface area (Å²) in [5.41, 5.74) is 0.815. The monoisotopic (exact) mass is 1070 g/mol. The van der Waals surface area contributed by atoms with Crippen LogP contribution in [0.25, 0.3) is 0 Å². The number of esters is 3. The lowest BCUT2D eigenvalue weighted by molar-refractivity contribution is -0.333. The number of hydrogen-bond acceptors (Lipinski definition) is 18. The fourth-order valence-corrected chi connectivity index (χ4v) is 8.84. The molecule has 71 heavy (non-hydrogen) atoms. The maximum Gasteiger partial charge on any atom is 0.342 e. The Hall–Kier alpha value is -3.99. The maximum absolute atomic E-state index is 13.9. The Balaban J connectivity index is 1.60. The largest absolute Gasteiger partial charge is 0.507 e. The van der Waals surface area contributed by atoms with E-state index in [4.69, 9.17) is 37.9 Å². The first-order valence-electron chi connectivity index (χ1n) is 24.1. The van der Waals surface area contributed by atoms with Gasteiger partial charge in [-0.05, 0) is 113 Å². The van der Waals surface area contributed by atoms with Crippen molar-refractivity contribution in [2.24, 2.45) is 11.8 Å². The number of rotatable bonds is 13. The van der Waals surface area contributed by atoms with E-state index in [9.17, 15) is 50.1 Å². The molecule has 2 fully saturated rings. The molecule has 14 atom stereocenters. The molecule has 2 saturated heterocycles. The summed E-state index contributed by atoms with van der Waals surface area (Å²) in [6.45, 7) is 18.3. The summed E-state index contributed by atoms with van der Waals surface area (Å²) in [5.74, 6) is -4.05. The van der Waals surface area contributed by atoms with Gasteiger partial charge in [0.05, 0.1) is 42.5 Å². The number of cyclic esters (lactones) is 1. The van der Waals surface area contributed by atoms with E-state index in [-0.39, 0.29) is 46.5 Å². The Kier molecular flexibility index (Phi) is 22.1. The van der Waals surface area contributed by atoms with Gasteiger partial charge in [-0.25, -0.2) is 9.59 Å². The van der Waals surface area contributed by atoms with Crippen LogP contribution in [0.2, 0.25) is 0 Å². The second-order valence-electron chi connectivity index (χ2n) is 19.3. The van der Waals surface area contributed by atoms with Crippen molar-refractivity contribution in [3.05, 3.63) is 80.4 Å². The zero-order valence-electron chi connectivity index (χ0n) is 42.7. The number of halogens is 1. The van der Waals surface area contributed by atoms with E-state index >= 15 is 0 Å². The smallest absolute Gasteiger partial charge is 0.342 e. The molecular formula is C52H75BrO18. The minimum Gasteiger partial charge on any atom is -0.507 e. The van der Waals surface area contributed by atoms with E-state index in [1.807, 2.05) is 32.9 Å². The van der Waals surface area contributed by atoms with Crippen molar-refractivity contribution in [3.63, 3.8) is 0 Å². The minimum absolute atomic E-state index is 0.0170. The molecule has 0 spiro atoms. The number of ether oxygens (including phenoxy) is 8. The molecule has 0 saturated carbocycles. The first-order chi connectivity index (χ1) is 33.3. The van der Waals surface area contributed by atoms with Crippen molar-refractivity contribution in [2.75, 3.05) is 13.7 Å². The molecule has 19 heteroatoms. The van der Waals surface area contributed by atoms with Crippen molar-refractivity contribution < 1.29 is 88.0 Å². The van der Waals surface area contributed by atoms with Gasteiger partial charge in [-0.3, -0.25) is 4.79 Å². The zero-order chi connectivity index (χ0) is 53.2. The average molecular weight is 1070 g/mol. The van der Waals surface area contributed by atoms with E-state index in [0.29, 0.717) is 28.7 Å². The molecule has 1 aromatic carbocycles. The van der Waals surface area contributed by atoms with E-state index < -0.39 is 122 Å². The summed E-state index contributed by atoms with van der Waals surface area (Å²) in [5, 5.41) is 77.2. The minimum atomic E-state index is -1.60. The van der Waals surface area contributed by atoms with Crippen molar-refractivity contribution in [1.82, 2.24) is 0 Å². The molecular weight excluding hydrogens is 992 g/mol. The van der Waals surface area contributed by atoms with Gasteiger partial charge in [-0.1, -0.05) is 63.6 Å². The predicted molar refractivity (Wildman–Crippen MR) is 263 cm³/mol. The summed E-state index contributed by atoms with van der Waals surface area (Å²) in [6, 6.07) is 1.32. The van der Waals surface area contributed by atoms with Gasteiger partial charge in [0, 0.05) is 19.4 Å². The topological polar surface area (TPSA) is 267 Å². The third-order valence-corrected chi connectivity index (χ3v) is 13.7. The van der Waals surface area contributed by atoms with Crippen LogP contribution in [-0.4, -0.2) is 153 Å². The Bertz CT molecular complexity index is 2160. The third-order valence-electron chi connectivity index (χ3n) is 12.9. The first-order valence-corrected chi connectivity index (χ1v) is 24.9. The van der Waals surface area contributed by atoms with Crippen molar-refractivity contribution in [1.29, 1.82) is 0 Å². The molecule has 5 unspecified atom stereocenters. The first kappa shape index (κ1) is 59.6. The second kappa shape index (κ2) is 26.3. The highest BCUT2D eigenvalue weighted by Gasteiger charge is 2.53. The number of phenolic OH excluding ortho intramolecular Hbond substituents is 2. The van der Waals surface area contributed by atoms with Crippen molar-refractivity contribution in [2.45, 2.75) is 187 Å². The Labute approximate surface area is 425 Å². The van der Waals surface area contributed by atoms with Crippen LogP contribution in [0.3, 0.4) is 0 Å². The Morgan fingerprint density at radius 3 is 2.23 bits per heavy atom. The summed E-state index contributed by atoms with van der Waals surface area (Å²) >= 11 is 3.07. The lowest BCUT2D eigenvalue weighted by atomic mass is 9.88. The highest BCUT2D eigenvalue weighted by Crippen LogP contribution is 2.40. The molecule has 0 amide bonds. The van der Waals surface area contributed by atoms with E-state index in [1.165, 1.54) is 33.1 Å². The molecule has 0 radical (unpaired) electrons. The van der Waals surface area contributed by atoms with Crippen LogP contribution in [0.4, 0.5) is 0 Å². The fraction of sp³-hybridized carbons (Fsp3) is 0.635. The van der Waals surface area contributed by atoms with Crippen LogP contribution in [0.15, 0.2) is 69.3 Å². The number of methoxy groups -OCH3 is 1. The fourth-order valence-electron chi connectivity index (χ4n) is 8.53. The number of aliphatic hydroxyl groups is 5. The molecule has 7 N–H and O–H groups in total. The molecule has 3 heterocycles. The summed E-state index contributed by atoms with van der Waals surface area (Å²) < 4.78 is 47.5. The normalized spacial score (nSPS) is 35.1. The standard InChI is InChI=1S/C52H75BrO18/c1-13-31-23-35(56)38(53)39(57)37(31)49(63)68-44-30(9)66-51(45(64-12)42(44)60)65-24-33-17-15-16-18-34(55)27(6)22-32(14-2)43(28(7)21-26(5)19-20-36(29(8)54)67-48(33)62)69-50-41(59)40(58)46(52(10,11)71-50)70-47(61)25(3)4/h15-17,19,21-23,25,29-30,32,34,36,40-46,50-51,54-60H,13-14,18,20,24H2,1-12H3/b16-15+,26-19+,27-22+,28-21+,33-17+/t29?,30-,32?,34?,36?,40-,41+,42+,43?,44-,45+,46+,50-,51-/m1/s1. The Morgan fingerprint density at radius 1 is 0.944 bits per heavy atom. The van der Waals surface area contributed by atoms with Gasteiger partial charge in [-0.2, -0.15) is 0 Å². The van der Waals surface area contributed by atoms with Gasteiger partial charge >= 0.3 is 17.9 Å². The number of carbonyl (C=O) groups excluding carboxylic acids is 3. The number of aliphatic hydroxyl groups excluding tert-OH is 5. The van der Waals surface area contributed by atoms with Crippen LogP contribution in [0.1, 0.15) is 111 Å². The summed E-state index contributed by atoms with van der Waals surface area (Å²) in [7, 11) is 1.29. The Morgan fingerprint density at radius 2 is 1.62 bits per heavy atom. The lowest BCUT2D eigenvalue weighted by Crippen LogP contribution is -2.64. The van der Waals surface area contributed by atoms with E-state index in [1.54, 1.807) is 59.8 Å². The summed E-state index contributed by atoms with van der Waals surface area (Å²) in [4.78, 5) is 39.9. The highest BCUT2D eigenvalue weighted by atomic mass is 79.9. The zero-order valence-corrected chi connectivity index (χ0v) is 44.3. The highest BCUT2D eigenvalue weighted by molar-refractivity contribution is 9.10. The maximum atomic E-state index is 13.9. The number of phenols is 2. The number of benzene rings is 1.